The fraction of sp³-hybridized carbons (Fsp3) is 0.200. The average Bonchev–Trinajstić information content (AvgIpc) is 3.21. The number of rotatable bonds is 3. The second-order valence-corrected chi connectivity index (χ2v) is 8.70. The summed E-state index contributed by atoms with van der Waals surface area (Å²) in [5, 5.41) is 1.83. The summed E-state index contributed by atoms with van der Waals surface area (Å²) < 4.78 is 34.8. The van der Waals surface area contributed by atoms with Gasteiger partial charge < -0.3 is 4.42 Å². The molecule has 0 saturated heterocycles. The minimum atomic E-state index is -1.11. The van der Waals surface area contributed by atoms with E-state index in [2.05, 4.69) is 4.85 Å². The van der Waals surface area contributed by atoms with Crippen molar-refractivity contribution in [3.8, 4) is 22.4 Å². The highest BCUT2D eigenvalue weighted by molar-refractivity contribution is 6.16. The first-order valence-electron chi connectivity index (χ1n) is 12.5. The Morgan fingerprint density at radius 1 is 1.06 bits per heavy atom. The van der Waals surface area contributed by atoms with Crippen LogP contribution in [0.1, 0.15) is 40.7 Å². The van der Waals surface area contributed by atoms with Gasteiger partial charge in [0.05, 0.1) is 14.9 Å². The van der Waals surface area contributed by atoms with Gasteiger partial charge in [-0.25, -0.2) is 4.85 Å². The quantitative estimate of drug-likeness (QED) is 0.208. The molecule has 0 unspecified atom stereocenters. The van der Waals surface area contributed by atoms with Crippen molar-refractivity contribution in [3.05, 3.63) is 94.9 Å². The number of aromatic nitrogens is 1. The van der Waals surface area contributed by atoms with E-state index in [0.29, 0.717) is 33.8 Å². The number of hydrogen-bond donors (Lipinski definition) is 0. The Morgan fingerprint density at radius 2 is 1.82 bits per heavy atom. The van der Waals surface area contributed by atoms with E-state index >= 15 is 0 Å². The highest BCUT2D eigenvalue weighted by atomic mass is 16.3. The third-order valence-corrected chi connectivity index (χ3v) is 6.27. The minimum absolute atomic E-state index is 0.161. The summed E-state index contributed by atoms with van der Waals surface area (Å²) in [6.45, 7) is 14.9. The zero-order chi connectivity index (χ0) is 25.9. The highest BCUT2D eigenvalue weighted by Crippen LogP contribution is 2.43. The van der Waals surface area contributed by atoms with Crippen LogP contribution < -0.4 is 4.57 Å². The standard InChI is InChI=1S/C30H27N2O/c1-18(2)22-14-20(4)32(6)26(15-22)28-19(3)12-13-24-29-25(21-10-8-7-9-11-21)16-23(31-5)17-27(29)33-30(24)28/h7-18H,1-4,6H3/q+1/i14D,15D,18D. The molecule has 0 fully saturated rings. The predicted octanol–water partition coefficient (Wildman–Crippen LogP) is 8.04. The molecular weight excluding hydrogens is 404 g/mol. The lowest BCUT2D eigenvalue weighted by Gasteiger charge is -2.11. The average molecular weight is 435 g/mol. The molecule has 0 atom stereocenters. The van der Waals surface area contributed by atoms with Gasteiger partial charge in [0.1, 0.15) is 18.2 Å². The van der Waals surface area contributed by atoms with Gasteiger partial charge >= 0.3 is 0 Å². The van der Waals surface area contributed by atoms with Crippen LogP contribution in [0.15, 0.2) is 71.1 Å². The first kappa shape index (κ1) is 17.6. The minimum Gasteiger partial charge on any atom is -0.456 e. The van der Waals surface area contributed by atoms with Gasteiger partial charge in [-0.15, -0.1) is 0 Å². The van der Waals surface area contributed by atoms with Gasteiger partial charge in [0.2, 0.25) is 5.69 Å². The smallest absolute Gasteiger partial charge is 0.216 e. The number of furan rings is 1. The lowest BCUT2D eigenvalue weighted by atomic mass is 9.94. The van der Waals surface area contributed by atoms with Crippen molar-refractivity contribution in [3.63, 3.8) is 0 Å². The molecule has 0 spiro atoms. The molecule has 162 valence electrons. The molecule has 5 rings (SSSR count). The molecule has 5 aromatic rings. The van der Waals surface area contributed by atoms with Crippen molar-refractivity contribution in [1.29, 1.82) is 0 Å². The Balaban J connectivity index is 1.96. The van der Waals surface area contributed by atoms with E-state index < -0.39 is 5.89 Å². The van der Waals surface area contributed by atoms with E-state index in [-0.39, 0.29) is 12.1 Å². The molecule has 0 aliphatic carbocycles. The second-order valence-electron chi connectivity index (χ2n) is 8.70. The summed E-state index contributed by atoms with van der Waals surface area (Å²) in [5.41, 5.74) is 7.07. The van der Waals surface area contributed by atoms with E-state index in [9.17, 15) is 0 Å². The van der Waals surface area contributed by atoms with Gasteiger partial charge in [-0.1, -0.05) is 56.3 Å². The maximum atomic E-state index is 9.12. The van der Waals surface area contributed by atoms with Crippen molar-refractivity contribution < 1.29 is 13.1 Å². The molecule has 33 heavy (non-hydrogen) atoms. The maximum absolute atomic E-state index is 9.12. The third-order valence-electron chi connectivity index (χ3n) is 6.27. The summed E-state index contributed by atoms with van der Waals surface area (Å²) >= 11 is 0. The van der Waals surface area contributed by atoms with Crippen molar-refractivity contribution in [1.82, 2.24) is 0 Å². The number of hydrogen-bond acceptors (Lipinski definition) is 1. The van der Waals surface area contributed by atoms with Crippen molar-refractivity contribution >= 4 is 27.6 Å². The van der Waals surface area contributed by atoms with Crippen LogP contribution >= 0.6 is 0 Å². The molecule has 0 saturated carbocycles. The first-order valence-corrected chi connectivity index (χ1v) is 11.0. The van der Waals surface area contributed by atoms with Crippen LogP contribution in [0, 0.1) is 20.4 Å². The second kappa shape index (κ2) is 7.90. The number of fused-ring (bicyclic) bond motifs is 3. The monoisotopic (exact) mass is 434 g/mol. The number of nitrogens with zero attached hydrogens (tertiary/aromatic N) is 2. The van der Waals surface area contributed by atoms with Crippen molar-refractivity contribution in [2.24, 2.45) is 7.05 Å². The summed E-state index contributed by atoms with van der Waals surface area (Å²) in [4.78, 5) is 3.68. The summed E-state index contributed by atoms with van der Waals surface area (Å²) in [7, 11) is 1.86. The molecular formula is C30H27N2O+. The van der Waals surface area contributed by atoms with Crippen LogP contribution in [0.2, 0.25) is 0 Å². The summed E-state index contributed by atoms with van der Waals surface area (Å²) in [6, 6.07) is 18.1. The fourth-order valence-electron chi connectivity index (χ4n) is 4.40. The SMILES string of the molecule is [2H]c1c(C([2H])(C)C)c([2H])c(-c2c(C)ccc3c2oc2cc([N+]#[C-])cc(-c4ccccc4)c23)[n+](C)c1C. The lowest BCUT2D eigenvalue weighted by molar-refractivity contribution is -0.666. The van der Waals surface area contributed by atoms with Crippen molar-refractivity contribution in [2.75, 3.05) is 0 Å². The lowest BCUT2D eigenvalue weighted by Crippen LogP contribution is -2.35. The van der Waals surface area contributed by atoms with Gasteiger partial charge in [0, 0.05) is 31.2 Å². The first-order chi connectivity index (χ1) is 17.0. The van der Waals surface area contributed by atoms with Gasteiger partial charge in [-0.05, 0) is 47.2 Å². The number of aryl methyl sites for hydroxylation is 1. The Bertz CT molecular complexity index is 1720. The van der Waals surface area contributed by atoms with Gasteiger partial charge in [0.15, 0.2) is 11.4 Å². The number of pyridine rings is 1. The molecule has 0 bridgehead atoms. The summed E-state index contributed by atoms with van der Waals surface area (Å²) in [5.74, 6) is -1.11. The molecule has 0 aliphatic rings. The van der Waals surface area contributed by atoms with Crippen LogP contribution in [0.4, 0.5) is 5.69 Å². The van der Waals surface area contributed by atoms with Crippen LogP contribution in [0.5, 0.6) is 0 Å². The van der Waals surface area contributed by atoms with Crippen LogP contribution in [0.3, 0.4) is 0 Å². The molecule has 3 heteroatoms. The molecule has 2 heterocycles. The maximum Gasteiger partial charge on any atom is 0.216 e. The topological polar surface area (TPSA) is 21.4 Å². The molecule has 0 aliphatic heterocycles. The van der Waals surface area contributed by atoms with Crippen LogP contribution in [-0.4, -0.2) is 0 Å². The molecule has 2 aromatic heterocycles. The number of benzene rings is 3. The zero-order valence-electron chi connectivity index (χ0n) is 22.5. The molecule has 0 amide bonds. The van der Waals surface area contributed by atoms with Crippen LogP contribution in [0.25, 0.3) is 49.2 Å². The van der Waals surface area contributed by atoms with Crippen LogP contribution in [-0.2, 0) is 7.05 Å². The Morgan fingerprint density at radius 3 is 2.52 bits per heavy atom. The van der Waals surface area contributed by atoms with E-state index in [0.717, 1.165) is 33.0 Å². The summed E-state index contributed by atoms with van der Waals surface area (Å²) in [6.07, 6.45) is 0. The van der Waals surface area contributed by atoms with E-state index in [1.54, 1.807) is 19.9 Å². The molecule has 0 N–H and O–H groups in total. The molecule has 3 aromatic carbocycles. The predicted molar refractivity (Wildman–Crippen MR) is 136 cm³/mol. The third kappa shape index (κ3) is 3.39. The largest absolute Gasteiger partial charge is 0.456 e. The van der Waals surface area contributed by atoms with Gasteiger partial charge in [-0.3, -0.25) is 0 Å². The Kier molecular flexibility index (Phi) is 4.22. The zero-order valence-corrected chi connectivity index (χ0v) is 19.5. The Labute approximate surface area is 199 Å². The Hall–Kier alpha value is -3.90. The highest BCUT2D eigenvalue weighted by Gasteiger charge is 2.24. The van der Waals surface area contributed by atoms with E-state index in [1.165, 1.54) is 0 Å². The fourth-order valence-corrected chi connectivity index (χ4v) is 4.40. The molecule has 3 nitrogen and oxygen atoms in total. The van der Waals surface area contributed by atoms with Gasteiger partial charge in [0.25, 0.3) is 0 Å². The molecule has 0 radical (unpaired) electrons. The van der Waals surface area contributed by atoms with E-state index in [1.807, 2.05) is 74.0 Å². The van der Waals surface area contributed by atoms with E-state index in [4.69, 9.17) is 15.1 Å². The van der Waals surface area contributed by atoms with Gasteiger partial charge in [-0.2, -0.15) is 4.57 Å². The van der Waals surface area contributed by atoms with Crippen molar-refractivity contribution in [2.45, 2.75) is 33.6 Å². The normalized spacial score (nSPS) is 13.0.